The van der Waals surface area contributed by atoms with Crippen LogP contribution in [0.25, 0.3) is 0 Å². The van der Waals surface area contributed by atoms with Gasteiger partial charge >= 0.3 is 0 Å². The number of para-hydroxylation sites is 2. The summed E-state index contributed by atoms with van der Waals surface area (Å²) in [6, 6.07) is 20.4. The minimum Gasteiger partial charge on any atom is -0.495 e. The van der Waals surface area contributed by atoms with E-state index in [2.05, 4.69) is 20.9 Å². The average molecular weight is 484 g/mol. The molecule has 0 saturated carbocycles. The highest BCUT2D eigenvalue weighted by atomic mass is 16.5. The van der Waals surface area contributed by atoms with Gasteiger partial charge in [0, 0.05) is 47.9 Å². The number of benzene rings is 3. The van der Waals surface area contributed by atoms with Crippen molar-refractivity contribution in [2.75, 3.05) is 23.1 Å². The van der Waals surface area contributed by atoms with Gasteiger partial charge in [0.1, 0.15) is 5.75 Å². The number of carbonyl (C=O) groups is 3. The molecule has 9 nitrogen and oxygen atoms in total. The second kappa shape index (κ2) is 11.5. The molecule has 0 aliphatic rings. The third-order valence-corrected chi connectivity index (χ3v) is 5.32. The molecule has 4 aromatic rings. The molecule has 3 amide bonds. The van der Waals surface area contributed by atoms with Crippen LogP contribution in [0.2, 0.25) is 0 Å². The highest BCUT2D eigenvalue weighted by Crippen LogP contribution is 2.24. The van der Waals surface area contributed by atoms with Gasteiger partial charge in [0.05, 0.1) is 19.1 Å². The fraction of sp³-hybridized carbons (Fsp3) is 0.111. The van der Waals surface area contributed by atoms with Gasteiger partial charge in [0.15, 0.2) is 0 Å². The van der Waals surface area contributed by atoms with E-state index in [4.69, 9.17) is 4.74 Å². The number of nitrogens with one attached hydrogen (secondary N) is 3. The number of hydrogen-bond donors (Lipinski definition) is 3. The Morgan fingerprint density at radius 2 is 1.61 bits per heavy atom. The minimum atomic E-state index is -0.337. The molecule has 0 spiro atoms. The SMILES string of the molecule is COc1ccccc1NC(=O)c1ccc(NC(=O)c2cccc(NC(=O)CCn3ccnc3)c2)cc1. The first kappa shape index (κ1) is 24.2. The standard InChI is InChI=1S/C27H25N5O4/c1-36-24-8-3-2-7-23(24)31-26(34)19-9-11-21(12-10-19)30-27(35)20-5-4-6-22(17-20)29-25(33)13-15-32-16-14-28-18-32/h2-12,14,16-18H,13,15H2,1H3,(H,29,33)(H,30,35)(H,31,34). The molecule has 0 atom stereocenters. The van der Waals surface area contributed by atoms with E-state index in [-0.39, 0.29) is 24.1 Å². The number of carbonyl (C=O) groups excluding carboxylic acids is 3. The summed E-state index contributed by atoms with van der Waals surface area (Å²) in [6.45, 7) is 0.513. The smallest absolute Gasteiger partial charge is 0.255 e. The van der Waals surface area contributed by atoms with Crippen LogP contribution in [0.15, 0.2) is 91.5 Å². The zero-order chi connectivity index (χ0) is 25.3. The fourth-order valence-electron chi connectivity index (χ4n) is 3.46. The van der Waals surface area contributed by atoms with Crippen LogP contribution < -0.4 is 20.7 Å². The number of ether oxygens (including phenoxy) is 1. The summed E-state index contributed by atoms with van der Waals surface area (Å²) in [4.78, 5) is 41.5. The molecule has 36 heavy (non-hydrogen) atoms. The Balaban J connectivity index is 1.33. The summed E-state index contributed by atoms with van der Waals surface area (Å²) in [7, 11) is 1.54. The zero-order valence-electron chi connectivity index (χ0n) is 19.6. The number of nitrogens with zero attached hydrogens (tertiary/aromatic N) is 2. The summed E-state index contributed by atoms with van der Waals surface area (Å²) >= 11 is 0. The lowest BCUT2D eigenvalue weighted by Gasteiger charge is -2.11. The number of aryl methyl sites for hydroxylation is 1. The summed E-state index contributed by atoms with van der Waals surface area (Å²) in [5.41, 5.74) is 2.45. The highest BCUT2D eigenvalue weighted by molar-refractivity contribution is 6.07. The van der Waals surface area contributed by atoms with Crippen molar-refractivity contribution in [2.24, 2.45) is 0 Å². The van der Waals surface area contributed by atoms with Crippen LogP contribution in [0.1, 0.15) is 27.1 Å². The van der Waals surface area contributed by atoms with Crippen LogP contribution in [-0.2, 0) is 11.3 Å². The third kappa shape index (κ3) is 6.35. The molecule has 3 N–H and O–H groups in total. The van der Waals surface area contributed by atoms with Gasteiger partial charge in [0.2, 0.25) is 5.91 Å². The van der Waals surface area contributed by atoms with Gasteiger partial charge in [-0.15, -0.1) is 0 Å². The van der Waals surface area contributed by atoms with E-state index < -0.39 is 0 Å². The van der Waals surface area contributed by atoms with Gasteiger partial charge < -0.3 is 25.3 Å². The molecule has 1 aromatic heterocycles. The van der Waals surface area contributed by atoms with Gasteiger partial charge in [-0.05, 0) is 54.6 Å². The Hall–Kier alpha value is -4.92. The number of anilines is 3. The Morgan fingerprint density at radius 1 is 0.833 bits per heavy atom. The molecule has 0 aliphatic heterocycles. The van der Waals surface area contributed by atoms with Gasteiger partial charge in [0.25, 0.3) is 11.8 Å². The first-order valence-electron chi connectivity index (χ1n) is 11.2. The van der Waals surface area contributed by atoms with E-state index in [0.29, 0.717) is 40.5 Å². The Kier molecular flexibility index (Phi) is 7.72. The lowest BCUT2D eigenvalue weighted by molar-refractivity contribution is -0.116. The maximum Gasteiger partial charge on any atom is 0.255 e. The Labute approximate surface area is 208 Å². The van der Waals surface area contributed by atoms with E-state index in [1.54, 1.807) is 85.5 Å². The topological polar surface area (TPSA) is 114 Å². The van der Waals surface area contributed by atoms with E-state index in [1.165, 1.54) is 7.11 Å². The largest absolute Gasteiger partial charge is 0.495 e. The van der Waals surface area contributed by atoms with E-state index in [9.17, 15) is 14.4 Å². The lowest BCUT2D eigenvalue weighted by Crippen LogP contribution is -2.16. The van der Waals surface area contributed by atoms with Gasteiger partial charge in [-0.1, -0.05) is 18.2 Å². The summed E-state index contributed by atoms with van der Waals surface area (Å²) in [5.74, 6) is -0.237. The Bertz CT molecular complexity index is 1350. The summed E-state index contributed by atoms with van der Waals surface area (Å²) < 4.78 is 7.07. The van der Waals surface area contributed by atoms with Gasteiger partial charge in [-0.2, -0.15) is 0 Å². The van der Waals surface area contributed by atoms with E-state index >= 15 is 0 Å². The number of hydrogen-bond acceptors (Lipinski definition) is 5. The van der Waals surface area contributed by atoms with Crippen molar-refractivity contribution in [2.45, 2.75) is 13.0 Å². The predicted octanol–water partition coefficient (Wildman–Crippen LogP) is 4.43. The molecule has 0 saturated heterocycles. The van der Waals surface area contributed by atoms with Crippen molar-refractivity contribution in [1.82, 2.24) is 9.55 Å². The van der Waals surface area contributed by atoms with Crippen LogP contribution in [0, 0.1) is 0 Å². The van der Waals surface area contributed by atoms with E-state index in [0.717, 1.165) is 0 Å². The third-order valence-electron chi connectivity index (χ3n) is 5.32. The molecule has 9 heteroatoms. The average Bonchev–Trinajstić information content (AvgIpc) is 3.42. The second-order valence-corrected chi connectivity index (χ2v) is 7.87. The van der Waals surface area contributed by atoms with Crippen molar-refractivity contribution < 1.29 is 19.1 Å². The molecule has 0 aliphatic carbocycles. The maximum atomic E-state index is 12.7. The zero-order valence-corrected chi connectivity index (χ0v) is 19.6. The molecule has 0 unspecified atom stereocenters. The molecule has 0 fully saturated rings. The first-order valence-corrected chi connectivity index (χ1v) is 11.2. The van der Waals surface area contributed by atoms with Crippen molar-refractivity contribution in [3.8, 4) is 5.75 Å². The predicted molar refractivity (Wildman–Crippen MR) is 137 cm³/mol. The number of methoxy groups -OCH3 is 1. The first-order chi connectivity index (χ1) is 17.5. The molecular formula is C27H25N5O4. The van der Waals surface area contributed by atoms with Crippen LogP contribution in [0.3, 0.4) is 0 Å². The van der Waals surface area contributed by atoms with Gasteiger partial charge in [-0.25, -0.2) is 4.98 Å². The normalized spacial score (nSPS) is 10.4. The molecule has 0 bridgehead atoms. The monoisotopic (exact) mass is 483 g/mol. The van der Waals surface area contributed by atoms with Crippen LogP contribution >= 0.6 is 0 Å². The highest BCUT2D eigenvalue weighted by Gasteiger charge is 2.12. The van der Waals surface area contributed by atoms with Crippen LogP contribution in [-0.4, -0.2) is 34.4 Å². The molecule has 4 rings (SSSR count). The quantitative estimate of drug-likeness (QED) is 0.326. The molecule has 1 heterocycles. The fourth-order valence-corrected chi connectivity index (χ4v) is 3.46. The number of rotatable bonds is 9. The van der Waals surface area contributed by atoms with Crippen molar-refractivity contribution >= 4 is 34.8 Å². The number of aromatic nitrogens is 2. The lowest BCUT2D eigenvalue weighted by atomic mass is 10.1. The molecular weight excluding hydrogens is 458 g/mol. The van der Waals surface area contributed by atoms with Crippen LogP contribution in [0.5, 0.6) is 5.75 Å². The van der Waals surface area contributed by atoms with Gasteiger partial charge in [-0.3, -0.25) is 14.4 Å². The number of amides is 3. The maximum absolute atomic E-state index is 12.7. The number of imidazole rings is 1. The summed E-state index contributed by atoms with van der Waals surface area (Å²) in [6.07, 6.45) is 5.38. The molecule has 3 aromatic carbocycles. The minimum absolute atomic E-state index is 0.164. The van der Waals surface area contributed by atoms with Crippen molar-refractivity contribution in [1.29, 1.82) is 0 Å². The molecule has 0 radical (unpaired) electrons. The Morgan fingerprint density at radius 3 is 2.36 bits per heavy atom. The van der Waals surface area contributed by atoms with Crippen molar-refractivity contribution in [3.05, 3.63) is 103 Å². The van der Waals surface area contributed by atoms with E-state index in [1.807, 2.05) is 10.6 Å². The summed E-state index contributed by atoms with van der Waals surface area (Å²) in [5, 5.41) is 8.42. The van der Waals surface area contributed by atoms with Crippen LogP contribution in [0.4, 0.5) is 17.1 Å². The van der Waals surface area contributed by atoms with Crippen molar-refractivity contribution in [3.63, 3.8) is 0 Å². The second-order valence-electron chi connectivity index (χ2n) is 7.87. The molecule has 182 valence electrons.